The van der Waals surface area contributed by atoms with Gasteiger partial charge < -0.3 is 14.5 Å². The van der Waals surface area contributed by atoms with E-state index >= 15 is 0 Å². The van der Waals surface area contributed by atoms with Crippen molar-refractivity contribution in [3.8, 4) is 5.75 Å². The zero-order chi connectivity index (χ0) is 13.1. The smallest absolute Gasteiger partial charge is 0.292 e. The number of phenols is 1. The lowest BCUT2D eigenvalue weighted by Crippen LogP contribution is -2.29. The molecule has 1 aromatic heterocycles. The van der Waals surface area contributed by atoms with E-state index in [1.165, 1.54) is 17.2 Å². The minimum absolute atomic E-state index is 0.169. The maximum Gasteiger partial charge on any atom is 0.292 e. The number of para-hydroxylation sites is 1. The highest BCUT2D eigenvalue weighted by Crippen LogP contribution is 2.27. The lowest BCUT2D eigenvalue weighted by Gasteiger charge is -2.24. The van der Waals surface area contributed by atoms with Crippen molar-refractivity contribution in [2.75, 3.05) is 7.05 Å². The summed E-state index contributed by atoms with van der Waals surface area (Å²) in [4.78, 5) is 13.5. The van der Waals surface area contributed by atoms with Crippen LogP contribution in [0.25, 0.3) is 0 Å². The Bertz CT molecular complexity index is 537. The monoisotopic (exact) mass is 246 g/mol. The number of carbonyl (C=O) groups excluding carboxylic acids is 1. The fraction of sp³-hybridized carbons (Fsp3) is 0.231. The molecule has 1 heterocycles. The van der Waals surface area contributed by atoms with E-state index in [2.05, 4.69) is 5.16 Å². The van der Waals surface area contributed by atoms with E-state index in [1.807, 2.05) is 13.0 Å². The molecule has 0 aliphatic carbocycles. The van der Waals surface area contributed by atoms with Crippen LogP contribution in [0.3, 0.4) is 0 Å². The van der Waals surface area contributed by atoms with Crippen LogP contribution in [0.15, 0.2) is 41.1 Å². The molecule has 0 fully saturated rings. The van der Waals surface area contributed by atoms with Gasteiger partial charge in [-0.1, -0.05) is 23.4 Å². The van der Waals surface area contributed by atoms with Crippen LogP contribution in [0.1, 0.15) is 29.1 Å². The van der Waals surface area contributed by atoms with Gasteiger partial charge in [0.15, 0.2) is 0 Å². The summed E-state index contributed by atoms with van der Waals surface area (Å²) >= 11 is 0. The van der Waals surface area contributed by atoms with Gasteiger partial charge in [0.1, 0.15) is 5.75 Å². The van der Waals surface area contributed by atoms with Crippen LogP contribution in [0.5, 0.6) is 5.75 Å². The minimum atomic E-state index is -0.275. The quantitative estimate of drug-likeness (QED) is 0.901. The maximum absolute atomic E-state index is 12.0. The molecule has 1 amide bonds. The summed E-state index contributed by atoms with van der Waals surface area (Å²) in [6, 6.07) is 8.19. The molecule has 0 radical (unpaired) electrons. The van der Waals surface area contributed by atoms with Gasteiger partial charge in [0.2, 0.25) is 5.76 Å². The molecular formula is C13H14N2O3. The highest BCUT2D eigenvalue weighted by Gasteiger charge is 2.22. The number of phenolic OH excluding ortho intramolecular Hbond substituents is 1. The lowest BCUT2D eigenvalue weighted by atomic mass is 10.1. The molecule has 1 N–H and O–H groups in total. The molecule has 2 aromatic rings. The van der Waals surface area contributed by atoms with Crippen LogP contribution < -0.4 is 0 Å². The Labute approximate surface area is 105 Å². The summed E-state index contributed by atoms with van der Waals surface area (Å²) in [6.07, 6.45) is 1.42. The van der Waals surface area contributed by atoms with Gasteiger partial charge in [0.25, 0.3) is 5.91 Å². The molecule has 5 nitrogen and oxygen atoms in total. The molecule has 1 atom stereocenters. The van der Waals surface area contributed by atoms with Gasteiger partial charge in [0, 0.05) is 18.7 Å². The van der Waals surface area contributed by atoms with E-state index in [-0.39, 0.29) is 23.5 Å². The topological polar surface area (TPSA) is 66.6 Å². The Morgan fingerprint density at radius 1 is 1.39 bits per heavy atom. The lowest BCUT2D eigenvalue weighted by molar-refractivity contribution is 0.0699. The molecule has 0 aliphatic heterocycles. The largest absolute Gasteiger partial charge is 0.508 e. The third-order valence-corrected chi connectivity index (χ3v) is 2.94. The Balaban J connectivity index is 2.22. The number of aromatic nitrogens is 1. The van der Waals surface area contributed by atoms with Gasteiger partial charge in [-0.25, -0.2) is 0 Å². The van der Waals surface area contributed by atoms with E-state index in [0.717, 1.165) is 0 Å². The number of hydrogen-bond acceptors (Lipinski definition) is 4. The number of nitrogens with zero attached hydrogens (tertiary/aromatic N) is 2. The second kappa shape index (κ2) is 4.91. The van der Waals surface area contributed by atoms with E-state index in [0.29, 0.717) is 5.56 Å². The molecule has 2 rings (SSSR count). The van der Waals surface area contributed by atoms with Crippen LogP contribution in [-0.2, 0) is 0 Å². The zero-order valence-corrected chi connectivity index (χ0v) is 10.2. The SMILES string of the molecule is CC(c1ccccc1O)N(C)C(=O)c1ccno1. The summed E-state index contributed by atoms with van der Waals surface area (Å²) < 4.78 is 4.83. The molecule has 1 aromatic carbocycles. The van der Waals surface area contributed by atoms with Crippen LogP contribution in [0.2, 0.25) is 0 Å². The Morgan fingerprint density at radius 3 is 2.72 bits per heavy atom. The van der Waals surface area contributed by atoms with Crippen molar-refractivity contribution in [1.29, 1.82) is 0 Å². The molecular weight excluding hydrogens is 232 g/mol. The number of hydrogen-bond donors (Lipinski definition) is 1. The van der Waals surface area contributed by atoms with Gasteiger partial charge in [-0.15, -0.1) is 0 Å². The first kappa shape index (κ1) is 12.2. The Morgan fingerprint density at radius 2 is 2.11 bits per heavy atom. The van der Waals surface area contributed by atoms with E-state index in [1.54, 1.807) is 25.2 Å². The van der Waals surface area contributed by atoms with Crippen molar-refractivity contribution in [1.82, 2.24) is 10.1 Å². The second-order valence-electron chi connectivity index (χ2n) is 4.03. The number of benzene rings is 1. The molecule has 94 valence electrons. The molecule has 0 bridgehead atoms. The van der Waals surface area contributed by atoms with Gasteiger partial charge in [-0.05, 0) is 13.0 Å². The molecule has 0 spiro atoms. The average Bonchev–Trinajstić information content (AvgIpc) is 2.90. The Hall–Kier alpha value is -2.30. The van der Waals surface area contributed by atoms with Crippen molar-refractivity contribution >= 4 is 5.91 Å². The predicted molar refractivity (Wildman–Crippen MR) is 65.1 cm³/mol. The third kappa shape index (κ3) is 2.20. The molecule has 0 aliphatic rings. The van der Waals surface area contributed by atoms with Gasteiger partial charge in [0.05, 0.1) is 12.2 Å². The minimum Gasteiger partial charge on any atom is -0.508 e. The van der Waals surface area contributed by atoms with E-state index in [4.69, 9.17) is 4.52 Å². The van der Waals surface area contributed by atoms with Crippen molar-refractivity contribution < 1.29 is 14.4 Å². The van der Waals surface area contributed by atoms with Crippen molar-refractivity contribution in [2.45, 2.75) is 13.0 Å². The van der Waals surface area contributed by atoms with Crippen molar-refractivity contribution in [2.24, 2.45) is 0 Å². The predicted octanol–water partition coefficient (Wildman–Crippen LogP) is 2.21. The molecule has 18 heavy (non-hydrogen) atoms. The first-order valence-electron chi connectivity index (χ1n) is 5.57. The van der Waals surface area contributed by atoms with E-state index < -0.39 is 0 Å². The number of amides is 1. The third-order valence-electron chi connectivity index (χ3n) is 2.94. The zero-order valence-electron chi connectivity index (χ0n) is 10.2. The second-order valence-corrected chi connectivity index (χ2v) is 4.03. The van der Waals surface area contributed by atoms with Crippen LogP contribution in [-0.4, -0.2) is 28.1 Å². The van der Waals surface area contributed by atoms with Gasteiger partial charge in [-0.3, -0.25) is 4.79 Å². The van der Waals surface area contributed by atoms with Crippen molar-refractivity contribution in [3.05, 3.63) is 47.9 Å². The normalized spacial score (nSPS) is 12.1. The number of rotatable bonds is 3. The van der Waals surface area contributed by atoms with Gasteiger partial charge >= 0.3 is 0 Å². The molecule has 0 saturated heterocycles. The highest BCUT2D eigenvalue weighted by molar-refractivity contribution is 5.91. The maximum atomic E-state index is 12.0. The molecule has 1 unspecified atom stereocenters. The van der Waals surface area contributed by atoms with Crippen LogP contribution in [0.4, 0.5) is 0 Å². The number of aromatic hydroxyl groups is 1. The van der Waals surface area contributed by atoms with Crippen molar-refractivity contribution in [3.63, 3.8) is 0 Å². The summed E-state index contributed by atoms with van der Waals surface area (Å²) in [6.45, 7) is 1.84. The number of carbonyl (C=O) groups is 1. The molecule has 0 saturated carbocycles. The first-order valence-corrected chi connectivity index (χ1v) is 5.57. The summed E-state index contributed by atoms with van der Waals surface area (Å²) in [7, 11) is 1.65. The van der Waals surface area contributed by atoms with Crippen LogP contribution in [0, 0.1) is 0 Å². The summed E-state index contributed by atoms with van der Waals surface area (Å²) in [5.41, 5.74) is 0.688. The summed E-state index contributed by atoms with van der Waals surface area (Å²) in [5, 5.41) is 13.3. The summed E-state index contributed by atoms with van der Waals surface area (Å²) in [5.74, 6) is 0.0743. The average molecular weight is 246 g/mol. The van der Waals surface area contributed by atoms with Gasteiger partial charge in [-0.2, -0.15) is 0 Å². The van der Waals surface area contributed by atoms with Crippen LogP contribution >= 0.6 is 0 Å². The highest BCUT2D eigenvalue weighted by atomic mass is 16.5. The standard InChI is InChI=1S/C13H14N2O3/c1-9(10-5-3-4-6-11(10)16)15(2)13(17)12-7-8-14-18-12/h3-9,16H,1-2H3. The fourth-order valence-corrected chi connectivity index (χ4v) is 1.73. The Kier molecular flexibility index (Phi) is 3.32. The molecule has 5 heteroatoms. The van der Waals surface area contributed by atoms with E-state index in [9.17, 15) is 9.90 Å². The fourth-order valence-electron chi connectivity index (χ4n) is 1.73. The first-order chi connectivity index (χ1) is 8.61.